The zero-order chi connectivity index (χ0) is 18.7. The number of carbonyl (C=O) groups is 1. The highest BCUT2D eigenvalue weighted by atomic mass is 35.5. The largest absolute Gasteiger partial charge is 0.343 e. The van der Waals surface area contributed by atoms with E-state index < -0.39 is 6.03 Å². The molecule has 3 aromatic rings. The molecule has 134 valence electrons. The number of amides is 2. The Morgan fingerprint density at radius 1 is 1.27 bits per heavy atom. The Morgan fingerprint density at radius 3 is 2.77 bits per heavy atom. The van der Waals surface area contributed by atoms with Gasteiger partial charge in [0.15, 0.2) is 0 Å². The summed E-state index contributed by atoms with van der Waals surface area (Å²) in [6.45, 7) is 1.92. The molecule has 1 aromatic heterocycles. The van der Waals surface area contributed by atoms with Crippen LogP contribution >= 0.6 is 11.6 Å². The van der Waals surface area contributed by atoms with Crippen molar-refractivity contribution in [3.63, 3.8) is 0 Å². The Hall–Kier alpha value is -2.90. The van der Waals surface area contributed by atoms with Gasteiger partial charge >= 0.3 is 6.03 Å². The number of carbonyl (C=O) groups excluding carboxylic acids is 1. The highest BCUT2D eigenvalue weighted by Gasteiger charge is 2.14. The second kappa shape index (κ2) is 7.55. The van der Waals surface area contributed by atoms with Crippen molar-refractivity contribution in [3.8, 4) is 5.69 Å². The molecule has 7 nitrogen and oxygen atoms in total. The van der Waals surface area contributed by atoms with Gasteiger partial charge in [-0.15, -0.1) is 0 Å². The minimum Gasteiger partial charge on any atom is -0.306 e. The molecule has 2 N–H and O–H groups in total. The summed E-state index contributed by atoms with van der Waals surface area (Å²) in [6.07, 6.45) is 0.555. The number of aryl methyl sites for hydroxylation is 1. The van der Waals surface area contributed by atoms with E-state index in [0.29, 0.717) is 39.5 Å². The van der Waals surface area contributed by atoms with Crippen LogP contribution < -0.4 is 16.4 Å². The van der Waals surface area contributed by atoms with Crippen molar-refractivity contribution in [2.24, 2.45) is 0 Å². The van der Waals surface area contributed by atoms with E-state index in [0.717, 1.165) is 0 Å². The molecule has 0 fully saturated rings. The number of hydroxylamine groups is 1. The summed E-state index contributed by atoms with van der Waals surface area (Å²) in [5.74, 6) is 0.600. The van der Waals surface area contributed by atoms with Crippen LogP contribution in [0.15, 0.2) is 47.3 Å². The van der Waals surface area contributed by atoms with Crippen LogP contribution in [0.2, 0.25) is 5.02 Å². The number of urea groups is 1. The number of nitrogens with zero attached hydrogens (tertiary/aromatic N) is 2. The van der Waals surface area contributed by atoms with E-state index >= 15 is 0 Å². The lowest BCUT2D eigenvalue weighted by atomic mass is 10.2. The monoisotopic (exact) mass is 372 g/mol. The molecule has 0 unspecified atom stereocenters. The van der Waals surface area contributed by atoms with Crippen molar-refractivity contribution in [2.45, 2.75) is 13.3 Å². The number of hydrogen-bond acceptors (Lipinski definition) is 4. The van der Waals surface area contributed by atoms with E-state index in [1.807, 2.05) is 6.92 Å². The summed E-state index contributed by atoms with van der Waals surface area (Å²) in [5, 5.41) is 3.34. The molecule has 0 aliphatic heterocycles. The van der Waals surface area contributed by atoms with Crippen LogP contribution in [0.1, 0.15) is 12.7 Å². The first-order valence-electron chi connectivity index (χ1n) is 7.95. The van der Waals surface area contributed by atoms with Crippen LogP contribution in [-0.2, 0) is 11.3 Å². The number of benzene rings is 2. The Labute approximate surface area is 154 Å². The van der Waals surface area contributed by atoms with Gasteiger partial charge < -0.3 is 5.32 Å². The van der Waals surface area contributed by atoms with Gasteiger partial charge in [0.1, 0.15) is 5.82 Å². The van der Waals surface area contributed by atoms with Gasteiger partial charge in [-0.3, -0.25) is 14.2 Å². The van der Waals surface area contributed by atoms with Crippen molar-refractivity contribution < 1.29 is 9.63 Å². The highest BCUT2D eigenvalue weighted by Crippen LogP contribution is 2.21. The summed E-state index contributed by atoms with van der Waals surface area (Å²) in [7, 11) is 1.34. The van der Waals surface area contributed by atoms with E-state index in [2.05, 4.69) is 20.6 Å². The Bertz CT molecular complexity index is 1030. The zero-order valence-electron chi connectivity index (χ0n) is 14.2. The first-order valence-corrected chi connectivity index (χ1v) is 8.33. The van der Waals surface area contributed by atoms with Crippen LogP contribution in [0.5, 0.6) is 0 Å². The van der Waals surface area contributed by atoms with E-state index in [9.17, 15) is 9.59 Å². The van der Waals surface area contributed by atoms with Gasteiger partial charge in [-0.05, 0) is 30.3 Å². The molecule has 0 saturated carbocycles. The topological polar surface area (TPSA) is 85.2 Å². The molecule has 0 bridgehead atoms. The first-order chi connectivity index (χ1) is 12.5. The highest BCUT2D eigenvalue weighted by molar-refractivity contribution is 6.35. The molecule has 0 saturated heterocycles. The number of aromatic nitrogens is 2. The zero-order valence-corrected chi connectivity index (χ0v) is 15.0. The number of hydrogen-bond donors (Lipinski definition) is 2. The lowest BCUT2D eigenvalue weighted by Crippen LogP contribution is -2.28. The van der Waals surface area contributed by atoms with Gasteiger partial charge in [0.05, 0.1) is 28.7 Å². The molecular weight excluding hydrogens is 356 g/mol. The smallest absolute Gasteiger partial charge is 0.306 e. The van der Waals surface area contributed by atoms with Crippen molar-refractivity contribution in [3.05, 3.63) is 63.7 Å². The van der Waals surface area contributed by atoms with Gasteiger partial charge in [0.25, 0.3) is 5.56 Å². The number of anilines is 1. The minimum atomic E-state index is -0.521. The van der Waals surface area contributed by atoms with Gasteiger partial charge in [-0.1, -0.05) is 30.7 Å². The fourth-order valence-electron chi connectivity index (χ4n) is 2.71. The molecule has 26 heavy (non-hydrogen) atoms. The average Bonchev–Trinajstić information content (AvgIpc) is 2.61. The number of halogens is 1. The van der Waals surface area contributed by atoms with Crippen molar-refractivity contribution >= 4 is 34.2 Å². The number of fused-ring (bicyclic) bond motifs is 1. The summed E-state index contributed by atoms with van der Waals surface area (Å²) in [6, 6.07) is 11.6. The molecule has 2 aromatic carbocycles. The quantitative estimate of drug-likeness (QED) is 0.688. The van der Waals surface area contributed by atoms with E-state index in [-0.39, 0.29) is 5.56 Å². The predicted molar refractivity (Wildman–Crippen MR) is 101 cm³/mol. The molecule has 0 aliphatic carbocycles. The summed E-state index contributed by atoms with van der Waals surface area (Å²) < 4.78 is 1.51. The minimum absolute atomic E-state index is 0.254. The molecule has 2 amide bonds. The lowest BCUT2D eigenvalue weighted by molar-refractivity contribution is 0.114. The second-order valence-electron chi connectivity index (χ2n) is 5.47. The third-order valence-electron chi connectivity index (χ3n) is 3.79. The number of rotatable bonds is 4. The van der Waals surface area contributed by atoms with Crippen molar-refractivity contribution in [2.75, 3.05) is 12.4 Å². The number of nitrogens with one attached hydrogen (secondary N) is 2. The van der Waals surface area contributed by atoms with E-state index in [4.69, 9.17) is 11.6 Å². The molecule has 3 rings (SSSR count). The normalized spacial score (nSPS) is 10.7. The van der Waals surface area contributed by atoms with E-state index in [1.165, 1.54) is 11.7 Å². The van der Waals surface area contributed by atoms with Gasteiger partial charge in [-0.25, -0.2) is 15.3 Å². The Balaban J connectivity index is 2.16. The maximum atomic E-state index is 13.1. The summed E-state index contributed by atoms with van der Waals surface area (Å²) in [4.78, 5) is 33.8. The Kier molecular flexibility index (Phi) is 5.20. The van der Waals surface area contributed by atoms with E-state index in [1.54, 1.807) is 42.5 Å². The van der Waals surface area contributed by atoms with Gasteiger partial charge in [-0.2, -0.15) is 0 Å². The van der Waals surface area contributed by atoms with Crippen molar-refractivity contribution in [1.29, 1.82) is 0 Å². The lowest BCUT2D eigenvalue weighted by Gasteiger charge is -2.14. The van der Waals surface area contributed by atoms with Crippen LogP contribution in [0.3, 0.4) is 0 Å². The molecule has 1 heterocycles. The average molecular weight is 373 g/mol. The molecule has 8 heteroatoms. The maximum Gasteiger partial charge on any atom is 0.343 e. The third-order valence-corrected chi connectivity index (χ3v) is 4.10. The van der Waals surface area contributed by atoms with Crippen LogP contribution in [0.25, 0.3) is 16.6 Å². The summed E-state index contributed by atoms with van der Waals surface area (Å²) >= 11 is 6.22. The summed E-state index contributed by atoms with van der Waals surface area (Å²) in [5.41, 5.74) is 3.56. The maximum absolute atomic E-state index is 13.1. The predicted octanol–water partition coefficient (Wildman–Crippen LogP) is 3.28. The molecule has 0 spiro atoms. The standard InChI is InChI=1S/C18H17ClN4O3/c1-3-15-21-14-9-5-8-13(19)16(14)17(24)23(15)12-7-4-6-11(10-12)20-18(25)22-26-2/h4-10H,3H2,1-2H3,(H2,20,22,25). The molecule has 0 radical (unpaired) electrons. The molecule has 0 atom stereocenters. The van der Waals surface area contributed by atoms with Gasteiger partial charge in [0, 0.05) is 12.1 Å². The van der Waals surface area contributed by atoms with Gasteiger partial charge in [0.2, 0.25) is 0 Å². The molecular formula is C18H17ClN4O3. The first kappa shape index (κ1) is 17.9. The fourth-order valence-corrected chi connectivity index (χ4v) is 2.96. The SMILES string of the molecule is CCc1nc2cccc(Cl)c2c(=O)n1-c1cccc(NC(=O)NOC)c1. The van der Waals surface area contributed by atoms with Crippen LogP contribution in [0.4, 0.5) is 10.5 Å². The third kappa shape index (κ3) is 3.40. The van der Waals surface area contributed by atoms with Crippen LogP contribution in [-0.4, -0.2) is 22.7 Å². The Morgan fingerprint density at radius 2 is 2.04 bits per heavy atom. The second-order valence-corrected chi connectivity index (χ2v) is 5.87. The molecule has 0 aliphatic rings. The fraction of sp³-hybridized carbons (Fsp3) is 0.167. The van der Waals surface area contributed by atoms with Crippen LogP contribution in [0, 0.1) is 0 Å². The van der Waals surface area contributed by atoms with Crippen molar-refractivity contribution in [1.82, 2.24) is 15.0 Å².